The normalized spacial score (nSPS) is 18.0. The molecule has 6 nitrogen and oxygen atoms in total. The molecule has 0 aliphatic heterocycles. The molecule has 0 fully saturated rings. The van der Waals surface area contributed by atoms with E-state index in [2.05, 4.69) is 9.47 Å². The fraction of sp³-hybridized carbons (Fsp3) is 0.917. The fourth-order valence-electron chi connectivity index (χ4n) is 2.72. The van der Waals surface area contributed by atoms with E-state index >= 15 is 0 Å². The summed E-state index contributed by atoms with van der Waals surface area (Å²) in [6, 6.07) is 0. The second-order valence-corrected chi connectivity index (χ2v) is 11.2. The van der Waals surface area contributed by atoms with Gasteiger partial charge in [-0.2, -0.15) is 57.1 Å². The average Bonchev–Trinajstić information content (AvgIpc) is 2.87. The van der Waals surface area contributed by atoms with E-state index in [9.17, 15) is 84.2 Å². The number of carbonyl (C=O) groups excluding carboxylic acids is 2. The Hall–Kier alpha value is -2.33. The van der Waals surface area contributed by atoms with Gasteiger partial charge in [0.1, 0.15) is 0 Å². The van der Waals surface area contributed by atoms with Crippen LogP contribution in [0.15, 0.2) is 0 Å². The lowest BCUT2D eigenvalue weighted by atomic mass is 9.88. The third-order valence-electron chi connectivity index (χ3n) is 7.03. The van der Waals surface area contributed by atoms with Gasteiger partial charge in [-0.1, -0.05) is 13.8 Å². The summed E-state index contributed by atoms with van der Waals surface area (Å²) in [4.78, 5) is 23.1. The molecule has 0 amide bonds. The van der Waals surface area contributed by atoms with E-state index in [1.165, 1.54) is 27.7 Å². The van der Waals surface area contributed by atoms with E-state index in [1.807, 2.05) is 0 Å². The van der Waals surface area contributed by atoms with Crippen LogP contribution in [-0.2, 0) is 19.1 Å². The Bertz CT molecular complexity index is 1050. The number of aliphatic hydroxyl groups is 2. The fourth-order valence-corrected chi connectivity index (χ4v) is 2.72. The minimum atomic E-state index is -6.86. The van der Waals surface area contributed by atoms with Crippen LogP contribution in [0.1, 0.15) is 61.3 Å². The van der Waals surface area contributed by atoms with E-state index in [-0.39, 0.29) is 12.8 Å². The first-order valence-corrected chi connectivity index (χ1v) is 12.7. The van der Waals surface area contributed by atoms with Crippen molar-refractivity contribution in [1.82, 2.24) is 0 Å². The van der Waals surface area contributed by atoms with Gasteiger partial charge in [0.05, 0.1) is 10.8 Å². The van der Waals surface area contributed by atoms with Crippen molar-refractivity contribution in [3.05, 3.63) is 0 Å². The number of rotatable bonds is 12. The summed E-state index contributed by atoms with van der Waals surface area (Å²) in [6.45, 7) is 7.46. The third-order valence-corrected chi connectivity index (χ3v) is 7.03. The highest BCUT2D eigenvalue weighted by Crippen LogP contribution is 2.52. The number of esters is 2. The highest BCUT2D eigenvalue weighted by atomic mass is 19.4. The van der Waals surface area contributed by atoms with Crippen LogP contribution in [0.5, 0.6) is 0 Å². The molecule has 0 spiro atoms. The van der Waals surface area contributed by atoms with E-state index in [4.69, 9.17) is 10.2 Å². The molecule has 4 unspecified atom stereocenters. The molecule has 0 aliphatic rings. The average molecular weight is 738 g/mol. The van der Waals surface area contributed by atoms with Gasteiger partial charge < -0.3 is 19.7 Å². The van der Waals surface area contributed by atoms with Crippen LogP contribution >= 0.6 is 0 Å². The van der Waals surface area contributed by atoms with Gasteiger partial charge >= 0.3 is 42.3 Å². The van der Waals surface area contributed by atoms with Crippen LogP contribution < -0.4 is 0 Å². The zero-order valence-electron chi connectivity index (χ0n) is 25.2. The topological polar surface area (TPSA) is 93.1 Å². The number of hydrogen-bond acceptors (Lipinski definition) is 6. The van der Waals surface area contributed by atoms with Crippen molar-refractivity contribution in [1.29, 1.82) is 0 Å². The lowest BCUT2D eigenvalue weighted by molar-refractivity contribution is -0.401. The zero-order valence-corrected chi connectivity index (χ0v) is 25.2. The molecule has 0 heterocycles. The Labute approximate surface area is 255 Å². The molecule has 0 saturated heterocycles. The first-order chi connectivity index (χ1) is 20.3. The van der Waals surface area contributed by atoms with Crippen molar-refractivity contribution in [2.75, 3.05) is 0 Å². The van der Waals surface area contributed by atoms with E-state index < -0.39 is 89.4 Å². The van der Waals surface area contributed by atoms with Crippen LogP contribution in [0.25, 0.3) is 0 Å². The van der Waals surface area contributed by atoms with Crippen LogP contribution in [0.4, 0.5) is 74.6 Å². The maximum Gasteiger partial charge on any atom is 0.431 e. The van der Waals surface area contributed by atoms with Gasteiger partial charge in [-0.25, -0.2) is 17.6 Å². The first kappa shape index (κ1) is 46.8. The predicted molar refractivity (Wildman–Crippen MR) is 124 cm³/mol. The summed E-state index contributed by atoms with van der Waals surface area (Å²) in [7, 11) is 0. The Morgan fingerprint density at radius 1 is 0.574 bits per heavy atom. The molecule has 282 valence electrons. The number of alkyl halides is 17. The Morgan fingerprint density at radius 2 is 0.851 bits per heavy atom. The number of ether oxygens (including phenoxy) is 2. The minimum Gasteiger partial charge on any atom is -0.456 e. The summed E-state index contributed by atoms with van der Waals surface area (Å²) in [5, 5.41) is 17.6. The maximum absolute atomic E-state index is 13.8. The molecular weight excluding hydrogens is 707 g/mol. The van der Waals surface area contributed by atoms with Gasteiger partial charge in [0, 0.05) is 0 Å². The van der Waals surface area contributed by atoms with Crippen molar-refractivity contribution in [3.8, 4) is 0 Å². The summed E-state index contributed by atoms with van der Waals surface area (Å²) >= 11 is 0. The monoisotopic (exact) mass is 738 g/mol. The van der Waals surface area contributed by atoms with Gasteiger partial charge in [-0.05, 0) is 47.5 Å². The smallest absolute Gasteiger partial charge is 0.431 e. The summed E-state index contributed by atoms with van der Waals surface area (Å²) in [6.07, 6.45) is -37.8. The van der Waals surface area contributed by atoms with Crippen molar-refractivity contribution in [2.24, 2.45) is 10.8 Å². The van der Waals surface area contributed by atoms with Crippen LogP contribution in [-0.4, -0.2) is 88.8 Å². The van der Waals surface area contributed by atoms with E-state index in [0.717, 1.165) is 13.8 Å². The molecule has 0 aromatic rings. The van der Waals surface area contributed by atoms with Crippen molar-refractivity contribution in [2.45, 2.75) is 128 Å². The van der Waals surface area contributed by atoms with Gasteiger partial charge in [0.15, 0.2) is 6.10 Å². The summed E-state index contributed by atoms with van der Waals surface area (Å²) < 4.78 is 226. The second-order valence-electron chi connectivity index (χ2n) is 11.2. The van der Waals surface area contributed by atoms with Crippen molar-refractivity contribution >= 4 is 11.9 Å². The van der Waals surface area contributed by atoms with Gasteiger partial charge in [-0.3, -0.25) is 9.59 Å². The highest BCUT2D eigenvalue weighted by Gasteiger charge is 2.81. The van der Waals surface area contributed by atoms with Crippen molar-refractivity contribution < 1.29 is 104 Å². The molecule has 0 aliphatic carbocycles. The molecule has 0 aromatic heterocycles. The lowest BCUT2D eigenvalue weighted by Gasteiger charge is -2.40. The largest absolute Gasteiger partial charge is 0.456 e. The Kier molecular flexibility index (Phi) is 14.6. The molecule has 0 radical (unpaired) electrons. The molecule has 0 aromatic carbocycles. The Morgan fingerprint density at radius 3 is 1.09 bits per heavy atom. The number of carbonyl (C=O) groups is 2. The second kappa shape index (κ2) is 14.7. The molecule has 47 heavy (non-hydrogen) atoms. The minimum absolute atomic E-state index is 0.114. The van der Waals surface area contributed by atoms with Crippen molar-refractivity contribution in [3.63, 3.8) is 0 Å². The molecule has 0 saturated carbocycles. The van der Waals surface area contributed by atoms with Gasteiger partial charge in [0.2, 0.25) is 0 Å². The lowest BCUT2D eigenvalue weighted by Crippen LogP contribution is -2.70. The summed E-state index contributed by atoms with van der Waals surface area (Å²) in [5.41, 5.74) is -15.2. The molecule has 0 bridgehead atoms. The van der Waals surface area contributed by atoms with Gasteiger partial charge in [-0.15, -0.1) is 0 Å². The quantitative estimate of drug-likeness (QED) is 0.158. The van der Waals surface area contributed by atoms with Crippen LogP contribution in [0.3, 0.4) is 0 Å². The Balaban J connectivity index is 0. The SMILES string of the molecule is CCC(C)(C)C(=O)OC(C(F)(F)F)C(F)(F)C(O)(C(F)F)C(F)(F)F.CCC(C)(C)C(=O)OC(C)C(F)(F)C(O)(C(F)F)C(F)(F)F. The molecule has 23 heteroatoms. The highest BCUT2D eigenvalue weighted by molar-refractivity contribution is 5.76. The van der Waals surface area contributed by atoms with E-state index in [0.29, 0.717) is 6.92 Å². The predicted octanol–water partition coefficient (Wildman–Crippen LogP) is 7.64. The molecular formula is C24H31F17O6. The zero-order chi connectivity index (χ0) is 38.8. The third kappa shape index (κ3) is 9.43. The van der Waals surface area contributed by atoms with Crippen LogP contribution in [0, 0.1) is 10.8 Å². The van der Waals surface area contributed by atoms with E-state index in [1.54, 1.807) is 0 Å². The maximum atomic E-state index is 13.8. The standard InChI is InChI=1S/C12H14F10O3.C12H17F7O3/c1-4-8(2,3)7(23)25-5(11(17,18)19)10(15,16)9(24,6(13)14)12(20,21)22;1-5-9(3,4)8(20)22-6(2)11(15,16)10(21,7(13)14)12(17,18)19/h5-6,24H,4H2,1-3H3;6-7,21H,5H2,1-4H3. The van der Waals surface area contributed by atoms with Gasteiger partial charge in [0.25, 0.3) is 30.2 Å². The van der Waals surface area contributed by atoms with Crippen LogP contribution in [0.2, 0.25) is 0 Å². The molecule has 0 rings (SSSR count). The molecule has 2 N–H and O–H groups in total. The molecule has 4 atom stereocenters. The number of hydrogen-bond donors (Lipinski definition) is 2. The first-order valence-electron chi connectivity index (χ1n) is 12.7. The number of halogens is 17. The summed E-state index contributed by atoms with van der Waals surface area (Å²) in [5.74, 6) is -15.4.